The van der Waals surface area contributed by atoms with E-state index in [1.165, 1.54) is 55.9 Å². The van der Waals surface area contributed by atoms with E-state index in [9.17, 15) is 0 Å². The van der Waals surface area contributed by atoms with Gasteiger partial charge in [0.15, 0.2) is 0 Å². The first kappa shape index (κ1) is 8.84. The molecular weight excluding hydrogens is 192 g/mol. The molecule has 0 amide bonds. The molecule has 2 aliphatic rings. The maximum atomic E-state index is 4.62. The SMILES string of the molecule is c1nc(C2CCCS2)n2c1CCCC2. The predicted molar refractivity (Wildman–Crippen MR) is 59.6 cm³/mol. The van der Waals surface area contributed by atoms with Gasteiger partial charge < -0.3 is 4.57 Å². The van der Waals surface area contributed by atoms with Gasteiger partial charge in [-0.3, -0.25) is 0 Å². The molecule has 0 saturated carbocycles. The Kier molecular flexibility index (Phi) is 2.28. The highest BCUT2D eigenvalue weighted by Gasteiger charge is 2.24. The molecule has 14 heavy (non-hydrogen) atoms. The normalized spacial score (nSPS) is 26.4. The van der Waals surface area contributed by atoms with Crippen molar-refractivity contribution < 1.29 is 0 Å². The molecule has 76 valence electrons. The largest absolute Gasteiger partial charge is 0.331 e. The maximum absolute atomic E-state index is 4.62. The van der Waals surface area contributed by atoms with E-state index in [-0.39, 0.29) is 0 Å². The number of fused-ring (bicyclic) bond motifs is 1. The lowest BCUT2D eigenvalue weighted by Gasteiger charge is -2.18. The van der Waals surface area contributed by atoms with Gasteiger partial charge >= 0.3 is 0 Å². The van der Waals surface area contributed by atoms with Crippen LogP contribution in [0.1, 0.15) is 42.5 Å². The number of aromatic nitrogens is 2. The number of rotatable bonds is 1. The molecule has 0 aromatic carbocycles. The van der Waals surface area contributed by atoms with E-state index in [1.807, 2.05) is 0 Å². The van der Waals surface area contributed by atoms with E-state index in [4.69, 9.17) is 0 Å². The quantitative estimate of drug-likeness (QED) is 0.706. The molecule has 3 rings (SSSR count). The summed E-state index contributed by atoms with van der Waals surface area (Å²) < 4.78 is 2.48. The highest BCUT2D eigenvalue weighted by molar-refractivity contribution is 7.99. The smallest absolute Gasteiger partial charge is 0.122 e. The van der Waals surface area contributed by atoms with Gasteiger partial charge in [0, 0.05) is 18.4 Å². The second-order valence-electron chi connectivity index (χ2n) is 4.22. The minimum Gasteiger partial charge on any atom is -0.331 e. The van der Waals surface area contributed by atoms with Crippen molar-refractivity contribution in [3.63, 3.8) is 0 Å². The number of aryl methyl sites for hydroxylation is 1. The molecule has 3 heterocycles. The highest BCUT2D eigenvalue weighted by Crippen LogP contribution is 2.40. The molecule has 0 radical (unpaired) electrons. The van der Waals surface area contributed by atoms with Gasteiger partial charge in [-0.05, 0) is 37.9 Å². The summed E-state index contributed by atoms with van der Waals surface area (Å²) in [6.45, 7) is 1.21. The Hall–Kier alpha value is -0.440. The maximum Gasteiger partial charge on any atom is 0.122 e. The molecule has 1 atom stereocenters. The van der Waals surface area contributed by atoms with Crippen LogP contribution in [0.25, 0.3) is 0 Å². The molecule has 2 aliphatic heterocycles. The average molecular weight is 208 g/mol. The Labute approximate surface area is 89.1 Å². The summed E-state index contributed by atoms with van der Waals surface area (Å²) in [5.74, 6) is 2.69. The third kappa shape index (κ3) is 1.38. The van der Waals surface area contributed by atoms with Crippen molar-refractivity contribution in [2.75, 3.05) is 5.75 Å². The molecule has 0 bridgehead atoms. The Morgan fingerprint density at radius 3 is 3.21 bits per heavy atom. The summed E-state index contributed by atoms with van der Waals surface area (Å²) in [5.41, 5.74) is 1.47. The van der Waals surface area contributed by atoms with Crippen molar-refractivity contribution in [2.24, 2.45) is 0 Å². The molecule has 1 aromatic heterocycles. The van der Waals surface area contributed by atoms with Crippen LogP contribution in [0.4, 0.5) is 0 Å². The monoisotopic (exact) mass is 208 g/mol. The zero-order chi connectivity index (χ0) is 9.38. The summed E-state index contributed by atoms with van der Waals surface area (Å²) in [5, 5.41) is 0.696. The molecular formula is C11H16N2S. The van der Waals surface area contributed by atoms with E-state index < -0.39 is 0 Å². The standard InChI is InChI=1S/C11H16N2S/c1-2-6-13-9(4-1)8-12-11(13)10-5-3-7-14-10/h8,10H,1-7H2. The van der Waals surface area contributed by atoms with Crippen LogP contribution in [0, 0.1) is 0 Å². The first-order valence-electron chi connectivity index (χ1n) is 5.61. The van der Waals surface area contributed by atoms with Crippen molar-refractivity contribution in [1.29, 1.82) is 0 Å². The van der Waals surface area contributed by atoms with Gasteiger partial charge in [-0.25, -0.2) is 4.98 Å². The van der Waals surface area contributed by atoms with Gasteiger partial charge in [0.2, 0.25) is 0 Å². The van der Waals surface area contributed by atoms with Crippen LogP contribution >= 0.6 is 11.8 Å². The topological polar surface area (TPSA) is 17.8 Å². The molecule has 1 fully saturated rings. The molecule has 1 unspecified atom stereocenters. The Bertz CT molecular complexity index is 326. The first-order chi connectivity index (χ1) is 6.95. The summed E-state index contributed by atoms with van der Waals surface area (Å²) in [7, 11) is 0. The molecule has 0 N–H and O–H groups in total. The zero-order valence-electron chi connectivity index (χ0n) is 8.41. The van der Waals surface area contributed by atoms with Crippen LogP contribution in [0.3, 0.4) is 0 Å². The summed E-state index contributed by atoms with van der Waals surface area (Å²) in [6, 6.07) is 0. The second-order valence-corrected chi connectivity index (χ2v) is 5.53. The lowest BCUT2D eigenvalue weighted by Crippen LogP contribution is -2.13. The van der Waals surface area contributed by atoms with Gasteiger partial charge in [-0.2, -0.15) is 11.8 Å². The summed E-state index contributed by atoms with van der Waals surface area (Å²) in [4.78, 5) is 4.62. The predicted octanol–water partition coefficient (Wildman–Crippen LogP) is 2.79. The fourth-order valence-corrected chi connectivity index (χ4v) is 3.79. The van der Waals surface area contributed by atoms with E-state index in [1.54, 1.807) is 0 Å². The van der Waals surface area contributed by atoms with Crippen molar-refractivity contribution in [1.82, 2.24) is 9.55 Å². The van der Waals surface area contributed by atoms with E-state index in [2.05, 4.69) is 27.5 Å². The summed E-state index contributed by atoms with van der Waals surface area (Å²) in [6.07, 6.45) is 8.74. The van der Waals surface area contributed by atoms with Crippen molar-refractivity contribution in [2.45, 2.75) is 43.9 Å². The number of hydrogen-bond acceptors (Lipinski definition) is 2. The van der Waals surface area contributed by atoms with Gasteiger partial charge in [0.25, 0.3) is 0 Å². The van der Waals surface area contributed by atoms with Crippen LogP contribution in [0.15, 0.2) is 6.20 Å². The third-order valence-electron chi connectivity index (χ3n) is 3.25. The third-order valence-corrected chi connectivity index (χ3v) is 4.62. The summed E-state index contributed by atoms with van der Waals surface area (Å²) >= 11 is 2.09. The number of thioether (sulfide) groups is 1. The lowest BCUT2D eigenvalue weighted by atomic mass is 10.1. The number of hydrogen-bond donors (Lipinski definition) is 0. The van der Waals surface area contributed by atoms with Gasteiger partial charge in [0.05, 0.1) is 5.25 Å². The van der Waals surface area contributed by atoms with E-state index in [0.29, 0.717) is 5.25 Å². The molecule has 0 aliphatic carbocycles. The van der Waals surface area contributed by atoms with E-state index >= 15 is 0 Å². The Balaban J connectivity index is 1.93. The van der Waals surface area contributed by atoms with E-state index in [0.717, 1.165) is 0 Å². The number of imidazole rings is 1. The van der Waals surface area contributed by atoms with Crippen molar-refractivity contribution >= 4 is 11.8 Å². The average Bonchev–Trinajstić information content (AvgIpc) is 2.85. The van der Waals surface area contributed by atoms with Crippen LogP contribution in [-0.4, -0.2) is 15.3 Å². The molecule has 1 saturated heterocycles. The molecule has 2 nitrogen and oxygen atoms in total. The Morgan fingerprint density at radius 2 is 2.36 bits per heavy atom. The fourth-order valence-electron chi connectivity index (χ4n) is 2.50. The fraction of sp³-hybridized carbons (Fsp3) is 0.727. The van der Waals surface area contributed by atoms with Crippen LogP contribution in [-0.2, 0) is 13.0 Å². The zero-order valence-corrected chi connectivity index (χ0v) is 9.22. The first-order valence-corrected chi connectivity index (χ1v) is 6.66. The van der Waals surface area contributed by atoms with Crippen LogP contribution < -0.4 is 0 Å². The van der Waals surface area contributed by atoms with Crippen molar-refractivity contribution in [3.8, 4) is 0 Å². The number of nitrogens with zero attached hydrogens (tertiary/aromatic N) is 2. The minimum atomic E-state index is 0.696. The molecule has 0 spiro atoms. The van der Waals surface area contributed by atoms with Gasteiger partial charge in [-0.15, -0.1) is 0 Å². The van der Waals surface area contributed by atoms with Gasteiger partial charge in [0.1, 0.15) is 5.82 Å². The van der Waals surface area contributed by atoms with Gasteiger partial charge in [-0.1, -0.05) is 0 Å². The van der Waals surface area contributed by atoms with Crippen molar-refractivity contribution in [3.05, 3.63) is 17.7 Å². The Morgan fingerprint density at radius 1 is 1.36 bits per heavy atom. The van der Waals surface area contributed by atoms with Crippen LogP contribution in [0.5, 0.6) is 0 Å². The second kappa shape index (κ2) is 3.61. The molecule has 1 aromatic rings. The highest BCUT2D eigenvalue weighted by atomic mass is 32.2. The minimum absolute atomic E-state index is 0.696. The van der Waals surface area contributed by atoms with Crippen LogP contribution in [0.2, 0.25) is 0 Å². The molecule has 3 heteroatoms. The lowest BCUT2D eigenvalue weighted by molar-refractivity contribution is 0.510.